The van der Waals surface area contributed by atoms with Crippen molar-refractivity contribution in [3.63, 3.8) is 0 Å². The first kappa shape index (κ1) is 21.5. The first-order chi connectivity index (χ1) is 16.5. The minimum Gasteiger partial charge on any atom is -0.365 e. The Hall–Kier alpha value is -3.06. The molecule has 176 valence electrons. The largest absolute Gasteiger partial charge is 0.365 e. The summed E-state index contributed by atoms with van der Waals surface area (Å²) in [6.07, 6.45) is 5.93. The van der Waals surface area contributed by atoms with E-state index in [9.17, 15) is 4.39 Å². The predicted molar refractivity (Wildman–Crippen MR) is 122 cm³/mol. The number of anilines is 1. The highest BCUT2D eigenvalue weighted by Gasteiger charge is 2.56. The lowest BCUT2D eigenvalue weighted by atomic mass is 10.1. The van der Waals surface area contributed by atoms with Crippen molar-refractivity contribution < 1.29 is 18.6 Å². The minimum absolute atomic E-state index is 0.313. The van der Waals surface area contributed by atoms with Gasteiger partial charge in [0.25, 0.3) is 0 Å². The van der Waals surface area contributed by atoms with Crippen LogP contribution in [0.15, 0.2) is 36.9 Å². The highest BCUT2D eigenvalue weighted by molar-refractivity contribution is 5.82. The average molecular weight is 464 g/mol. The molecule has 8 nitrogen and oxygen atoms in total. The van der Waals surface area contributed by atoms with Gasteiger partial charge in [-0.25, -0.2) is 19.3 Å². The number of ether oxygens (including phenoxy) is 3. The van der Waals surface area contributed by atoms with E-state index in [0.29, 0.717) is 22.8 Å². The summed E-state index contributed by atoms with van der Waals surface area (Å²) in [4.78, 5) is 13.5. The van der Waals surface area contributed by atoms with Gasteiger partial charge in [0, 0.05) is 6.04 Å². The summed E-state index contributed by atoms with van der Waals surface area (Å²) in [7, 11) is 0. The second-order valence-corrected chi connectivity index (χ2v) is 9.43. The second kappa shape index (κ2) is 8.31. The van der Waals surface area contributed by atoms with Gasteiger partial charge in [0.1, 0.15) is 30.5 Å². The lowest BCUT2D eigenvalue weighted by molar-refractivity contribution is -0.190. The van der Waals surface area contributed by atoms with Crippen molar-refractivity contribution >= 4 is 17.0 Å². The van der Waals surface area contributed by atoms with Crippen LogP contribution in [0, 0.1) is 17.7 Å². The number of hydrogen-bond donors (Lipinski definition) is 1. The number of nitrogens with one attached hydrogen (secondary N) is 1. The van der Waals surface area contributed by atoms with E-state index in [1.165, 1.54) is 25.2 Å². The van der Waals surface area contributed by atoms with E-state index >= 15 is 0 Å². The monoisotopic (exact) mass is 463 g/mol. The van der Waals surface area contributed by atoms with E-state index in [4.69, 9.17) is 14.2 Å². The molecule has 9 heteroatoms. The van der Waals surface area contributed by atoms with Crippen LogP contribution in [0.1, 0.15) is 51.3 Å². The molecular weight excluding hydrogens is 437 g/mol. The van der Waals surface area contributed by atoms with Crippen LogP contribution in [0.25, 0.3) is 11.2 Å². The number of aromatic nitrogens is 4. The number of benzene rings is 1. The molecule has 4 heterocycles. The zero-order valence-corrected chi connectivity index (χ0v) is 19.1. The molecular formula is C25H26FN5O3. The number of rotatable bonds is 3. The molecule has 2 aromatic heterocycles. The quantitative estimate of drug-likeness (QED) is 0.592. The third-order valence-electron chi connectivity index (χ3n) is 6.58. The van der Waals surface area contributed by atoms with Gasteiger partial charge in [0.15, 0.2) is 29.0 Å². The van der Waals surface area contributed by atoms with Crippen LogP contribution in [-0.2, 0) is 14.2 Å². The highest BCUT2D eigenvalue weighted by atomic mass is 19.1. The van der Waals surface area contributed by atoms with Crippen molar-refractivity contribution in [2.75, 3.05) is 5.32 Å². The van der Waals surface area contributed by atoms with Crippen LogP contribution < -0.4 is 5.32 Å². The van der Waals surface area contributed by atoms with Crippen molar-refractivity contribution in [2.45, 2.75) is 75.9 Å². The fraction of sp³-hybridized carbons (Fsp3) is 0.480. The number of halogens is 1. The average Bonchev–Trinajstić information content (AvgIpc) is 3.58. The van der Waals surface area contributed by atoms with Gasteiger partial charge in [-0.15, -0.1) is 0 Å². The molecule has 0 spiro atoms. The van der Waals surface area contributed by atoms with E-state index in [2.05, 4.69) is 32.1 Å². The summed E-state index contributed by atoms with van der Waals surface area (Å²) in [5.74, 6) is 5.51. The summed E-state index contributed by atoms with van der Waals surface area (Å²) in [6, 6.07) is 6.82. The van der Waals surface area contributed by atoms with E-state index in [-0.39, 0.29) is 5.82 Å². The van der Waals surface area contributed by atoms with Crippen molar-refractivity contribution in [2.24, 2.45) is 0 Å². The van der Waals surface area contributed by atoms with Crippen LogP contribution in [0.4, 0.5) is 10.2 Å². The van der Waals surface area contributed by atoms with Gasteiger partial charge in [-0.05, 0) is 38.8 Å². The molecule has 4 atom stereocenters. The summed E-state index contributed by atoms with van der Waals surface area (Å²) in [5.41, 5.74) is 1.65. The van der Waals surface area contributed by atoms with E-state index in [1.54, 1.807) is 24.5 Å². The van der Waals surface area contributed by atoms with Gasteiger partial charge in [0.05, 0.1) is 11.9 Å². The standard InChI is InChI=1S/C25H26FN5O3/c1-25(2)33-20-18(12-11-15-7-3-6-10-17(15)26)32-24(21(20)34-25)31-14-29-19-22(27-13-28-23(19)31)30-16-8-4-5-9-16/h3,6-7,10,13-14,16,18,20-21,24H,4-5,8-9H2,1-2H3,(H,27,28,30). The Labute approximate surface area is 196 Å². The van der Waals surface area contributed by atoms with Gasteiger partial charge in [-0.3, -0.25) is 4.57 Å². The van der Waals surface area contributed by atoms with Crippen molar-refractivity contribution in [3.8, 4) is 11.8 Å². The van der Waals surface area contributed by atoms with Gasteiger partial charge in [-0.1, -0.05) is 36.8 Å². The van der Waals surface area contributed by atoms with Gasteiger partial charge >= 0.3 is 0 Å². The maximum absolute atomic E-state index is 14.1. The Morgan fingerprint density at radius 1 is 1.09 bits per heavy atom. The molecule has 2 saturated heterocycles. The number of imidazole rings is 1. The maximum Gasteiger partial charge on any atom is 0.167 e. The van der Waals surface area contributed by atoms with Crippen LogP contribution in [0.2, 0.25) is 0 Å². The first-order valence-electron chi connectivity index (χ1n) is 11.7. The first-order valence-corrected chi connectivity index (χ1v) is 11.7. The Bertz CT molecular complexity index is 1280. The lowest BCUT2D eigenvalue weighted by Crippen LogP contribution is -2.28. The molecule has 0 radical (unpaired) electrons. The Morgan fingerprint density at radius 2 is 1.88 bits per heavy atom. The topological polar surface area (TPSA) is 83.3 Å². The molecule has 3 aliphatic rings. The van der Waals surface area contributed by atoms with E-state index in [1.807, 2.05) is 18.4 Å². The van der Waals surface area contributed by atoms with Crippen LogP contribution in [0.3, 0.4) is 0 Å². The molecule has 1 aromatic carbocycles. The molecule has 1 N–H and O–H groups in total. The molecule has 4 unspecified atom stereocenters. The van der Waals surface area contributed by atoms with Gasteiger partial charge < -0.3 is 19.5 Å². The lowest BCUT2D eigenvalue weighted by Gasteiger charge is -2.23. The Kier molecular flexibility index (Phi) is 5.25. The zero-order chi connectivity index (χ0) is 23.3. The maximum atomic E-state index is 14.1. The second-order valence-electron chi connectivity index (χ2n) is 9.43. The fourth-order valence-electron chi connectivity index (χ4n) is 5.04. The fourth-order valence-corrected chi connectivity index (χ4v) is 5.04. The summed E-state index contributed by atoms with van der Waals surface area (Å²) in [5, 5.41) is 3.52. The van der Waals surface area contributed by atoms with E-state index in [0.717, 1.165) is 18.7 Å². The van der Waals surface area contributed by atoms with Crippen molar-refractivity contribution in [1.82, 2.24) is 19.5 Å². The predicted octanol–water partition coefficient (Wildman–Crippen LogP) is 3.79. The Morgan fingerprint density at radius 3 is 2.71 bits per heavy atom. The molecule has 3 aromatic rings. The third-order valence-corrected chi connectivity index (χ3v) is 6.58. The SMILES string of the molecule is CC1(C)OC2C(C#Cc3ccccc3F)OC(n3cnc4c(NC5CCCC5)ncnc43)C2O1. The summed E-state index contributed by atoms with van der Waals surface area (Å²) >= 11 is 0. The van der Waals surface area contributed by atoms with Gasteiger partial charge in [0.2, 0.25) is 0 Å². The van der Waals surface area contributed by atoms with Crippen LogP contribution >= 0.6 is 0 Å². The normalized spacial score (nSPS) is 28.1. The summed E-state index contributed by atoms with van der Waals surface area (Å²) in [6.45, 7) is 3.73. The molecule has 0 amide bonds. The number of fused-ring (bicyclic) bond motifs is 2. The number of hydrogen-bond acceptors (Lipinski definition) is 7. The van der Waals surface area contributed by atoms with Gasteiger partial charge in [-0.2, -0.15) is 0 Å². The third kappa shape index (κ3) is 3.82. The molecule has 6 rings (SSSR count). The zero-order valence-electron chi connectivity index (χ0n) is 19.1. The molecule has 3 fully saturated rings. The van der Waals surface area contributed by atoms with Crippen LogP contribution in [-0.4, -0.2) is 49.7 Å². The molecule has 2 aliphatic heterocycles. The van der Waals surface area contributed by atoms with Crippen LogP contribution in [0.5, 0.6) is 0 Å². The Balaban J connectivity index is 1.33. The molecule has 1 aliphatic carbocycles. The number of nitrogens with zero attached hydrogens (tertiary/aromatic N) is 4. The van der Waals surface area contributed by atoms with Crippen molar-refractivity contribution in [3.05, 3.63) is 48.3 Å². The smallest absolute Gasteiger partial charge is 0.167 e. The van der Waals surface area contributed by atoms with Crippen molar-refractivity contribution in [1.29, 1.82) is 0 Å². The summed E-state index contributed by atoms with van der Waals surface area (Å²) < 4.78 is 34.6. The minimum atomic E-state index is -0.796. The highest BCUT2D eigenvalue weighted by Crippen LogP contribution is 2.43. The molecule has 34 heavy (non-hydrogen) atoms. The van der Waals surface area contributed by atoms with E-state index < -0.39 is 30.3 Å². The molecule has 1 saturated carbocycles. The molecule has 0 bridgehead atoms.